The number of fused-ring (bicyclic) bond motifs is 1. The highest BCUT2D eigenvalue weighted by molar-refractivity contribution is 7.90. The van der Waals surface area contributed by atoms with Crippen molar-refractivity contribution in [1.82, 2.24) is 8.96 Å². The lowest BCUT2D eigenvalue weighted by Crippen LogP contribution is -2.14. The molecule has 44 heavy (non-hydrogen) atoms. The molecule has 0 unspecified atom stereocenters. The second-order valence-corrected chi connectivity index (χ2v) is 12.9. The number of thiophene rings is 1. The highest BCUT2D eigenvalue weighted by Gasteiger charge is 2.30. The zero-order valence-corrected chi connectivity index (χ0v) is 25.5. The van der Waals surface area contributed by atoms with Crippen LogP contribution in [0.5, 0.6) is 0 Å². The predicted octanol–water partition coefficient (Wildman–Crippen LogP) is 8.43. The number of aromatic nitrogens is 2. The maximum Gasteiger partial charge on any atom is 0.356 e. The molecule has 6 aromatic rings. The van der Waals surface area contributed by atoms with E-state index in [-0.39, 0.29) is 16.1 Å². The van der Waals surface area contributed by atoms with Crippen molar-refractivity contribution in [2.24, 2.45) is 0 Å². The molecule has 0 atom stereocenters. The van der Waals surface area contributed by atoms with Gasteiger partial charge in [0.2, 0.25) is 5.00 Å². The van der Waals surface area contributed by atoms with E-state index in [9.17, 15) is 17.6 Å². The molecule has 0 spiro atoms. The van der Waals surface area contributed by atoms with E-state index in [0.29, 0.717) is 32.8 Å². The molecule has 0 bridgehead atoms. The molecule has 0 saturated carbocycles. The first-order valence-electron chi connectivity index (χ1n) is 13.4. The van der Waals surface area contributed by atoms with Crippen LogP contribution in [-0.2, 0) is 14.8 Å². The third-order valence-electron chi connectivity index (χ3n) is 7.41. The molecule has 0 aliphatic rings. The lowest BCUT2D eigenvalue weighted by Gasteiger charge is -2.15. The van der Waals surface area contributed by atoms with E-state index in [1.165, 1.54) is 40.6 Å². The Labute approximate surface area is 257 Å². The minimum absolute atomic E-state index is 0.0717. The van der Waals surface area contributed by atoms with Crippen molar-refractivity contribution in [2.75, 3.05) is 7.11 Å². The van der Waals surface area contributed by atoms with Crippen LogP contribution in [0.2, 0.25) is 0 Å². The van der Waals surface area contributed by atoms with Crippen LogP contribution in [0.1, 0.15) is 21.6 Å². The van der Waals surface area contributed by atoms with Crippen molar-refractivity contribution < 1.29 is 22.3 Å². The normalized spacial score (nSPS) is 11.4. The van der Waals surface area contributed by atoms with E-state index >= 15 is 0 Å². The van der Waals surface area contributed by atoms with E-state index in [0.717, 1.165) is 22.3 Å². The number of aryl methyl sites for hydroxylation is 2. The summed E-state index contributed by atoms with van der Waals surface area (Å²) in [4.78, 5) is 20.1. The maximum atomic E-state index is 14.8. The van der Waals surface area contributed by atoms with Crippen molar-refractivity contribution in [3.8, 4) is 33.5 Å². The summed E-state index contributed by atoms with van der Waals surface area (Å²) in [6.07, 6.45) is 1.57. The summed E-state index contributed by atoms with van der Waals surface area (Å²) in [5.41, 5.74) is 5.35. The van der Waals surface area contributed by atoms with Gasteiger partial charge in [0.25, 0.3) is 10.0 Å². The number of pyridine rings is 1. The van der Waals surface area contributed by atoms with Crippen LogP contribution in [0.25, 0.3) is 49.3 Å². The molecule has 0 fully saturated rings. The van der Waals surface area contributed by atoms with Gasteiger partial charge in [0.05, 0.1) is 29.8 Å². The van der Waals surface area contributed by atoms with Gasteiger partial charge in [0, 0.05) is 33.8 Å². The molecule has 0 N–H and O–H groups in total. The number of benzene rings is 3. The second kappa shape index (κ2) is 11.2. The first-order chi connectivity index (χ1) is 21.1. The van der Waals surface area contributed by atoms with E-state index in [1.54, 1.807) is 60.1 Å². The smallest absolute Gasteiger partial charge is 0.356 e. The number of hydrogen-bond acceptors (Lipinski definition) is 6. The quantitative estimate of drug-likeness (QED) is 0.138. The number of halogens is 1. The zero-order chi connectivity index (χ0) is 31.2. The molecule has 3 aromatic carbocycles. The second-order valence-electron chi connectivity index (χ2n) is 10.2. The molecule has 0 saturated heterocycles. The number of nitrogens with zero attached hydrogens (tertiary/aromatic N) is 3. The lowest BCUT2D eigenvalue weighted by molar-refractivity contribution is 0.0594. The molecule has 10 heteroatoms. The van der Waals surface area contributed by atoms with Gasteiger partial charge in [-0.2, -0.15) is 11.3 Å². The van der Waals surface area contributed by atoms with Crippen molar-refractivity contribution in [3.05, 3.63) is 124 Å². The number of hydrogen-bond donors (Lipinski definition) is 0. The summed E-state index contributed by atoms with van der Waals surface area (Å²) in [7, 11) is -2.92. The Morgan fingerprint density at radius 3 is 2.43 bits per heavy atom. The van der Waals surface area contributed by atoms with Gasteiger partial charge in [-0.3, -0.25) is 0 Å². The Hall–Kier alpha value is -5.11. The molecule has 0 aliphatic carbocycles. The van der Waals surface area contributed by atoms with E-state index in [4.69, 9.17) is 11.3 Å². The van der Waals surface area contributed by atoms with E-state index in [1.807, 2.05) is 26.0 Å². The Kier molecular flexibility index (Phi) is 7.37. The fourth-order valence-electron chi connectivity index (χ4n) is 5.32. The van der Waals surface area contributed by atoms with Gasteiger partial charge in [-0.15, -0.1) is 0 Å². The Balaban J connectivity index is 1.70. The van der Waals surface area contributed by atoms with Gasteiger partial charge in [0.1, 0.15) is 11.5 Å². The van der Waals surface area contributed by atoms with Crippen molar-refractivity contribution in [2.45, 2.75) is 18.7 Å². The topological polar surface area (TPSA) is 82.6 Å². The minimum Gasteiger partial charge on any atom is -0.464 e. The number of esters is 1. The average Bonchev–Trinajstić information content (AvgIpc) is 3.63. The summed E-state index contributed by atoms with van der Waals surface area (Å²) >= 11 is 1.23. The SMILES string of the molecule is [C-]#[N+]c1sccc1-c1c(-c2cccc(-c3cnc(C(=O)OC)cc3C)c2)n(S(=O)(=O)c2ccc(C)cc2)c2ccc(F)cc12. The van der Waals surface area contributed by atoms with Gasteiger partial charge in [-0.25, -0.2) is 31.4 Å². The highest BCUT2D eigenvalue weighted by Crippen LogP contribution is 2.48. The fourth-order valence-corrected chi connectivity index (χ4v) is 7.55. The summed E-state index contributed by atoms with van der Waals surface area (Å²) in [6.45, 7) is 11.5. The number of rotatable bonds is 6. The van der Waals surface area contributed by atoms with Crippen molar-refractivity contribution >= 4 is 43.2 Å². The molecule has 3 heterocycles. The molecule has 3 aromatic heterocycles. The van der Waals surface area contributed by atoms with Crippen molar-refractivity contribution in [1.29, 1.82) is 0 Å². The monoisotopic (exact) mass is 621 g/mol. The van der Waals surface area contributed by atoms with Crippen LogP contribution in [0.3, 0.4) is 0 Å². The molecule has 218 valence electrons. The molecule has 0 radical (unpaired) electrons. The summed E-state index contributed by atoms with van der Waals surface area (Å²) in [6, 6.07) is 21.2. The third kappa shape index (κ3) is 4.86. The molecule has 6 rings (SSSR count). The summed E-state index contributed by atoms with van der Waals surface area (Å²) < 4.78 is 49.8. The standard InChI is InChI=1S/C34H24FN3O4S2/c1-20-8-11-25(12-9-20)44(40,41)38-30-13-10-24(35)18-27(30)31(26-14-15-43-33(26)36-3)32(38)23-7-5-6-22(17-23)28-19-37-29(16-21(28)2)34(39)42-4/h5-19H,1-2,4H3. The molecule has 0 aliphatic heterocycles. The predicted molar refractivity (Wildman–Crippen MR) is 170 cm³/mol. The third-order valence-corrected chi connectivity index (χ3v) is 9.95. The minimum atomic E-state index is -4.21. The Morgan fingerprint density at radius 2 is 1.73 bits per heavy atom. The largest absolute Gasteiger partial charge is 0.464 e. The molecular weight excluding hydrogens is 598 g/mol. The van der Waals surface area contributed by atoms with Gasteiger partial charge in [-0.1, -0.05) is 42.0 Å². The maximum absolute atomic E-state index is 14.8. The van der Waals surface area contributed by atoms with Crippen LogP contribution >= 0.6 is 11.3 Å². The average molecular weight is 622 g/mol. The van der Waals surface area contributed by atoms with Gasteiger partial charge >= 0.3 is 5.97 Å². The first-order valence-corrected chi connectivity index (χ1v) is 15.7. The number of carbonyl (C=O) groups excluding carboxylic acids is 1. The van der Waals surface area contributed by atoms with Gasteiger partial charge in [-0.05, 0) is 72.8 Å². The van der Waals surface area contributed by atoms with E-state index < -0.39 is 21.8 Å². The number of methoxy groups -OCH3 is 1. The van der Waals surface area contributed by atoms with Gasteiger partial charge in [0.15, 0.2) is 0 Å². The highest BCUT2D eigenvalue weighted by atomic mass is 32.2. The number of carbonyl (C=O) groups is 1. The number of ether oxygens (including phenoxy) is 1. The van der Waals surface area contributed by atoms with Crippen LogP contribution in [0.4, 0.5) is 9.39 Å². The van der Waals surface area contributed by atoms with Crippen LogP contribution in [0.15, 0.2) is 95.3 Å². The summed E-state index contributed by atoms with van der Waals surface area (Å²) in [5.74, 6) is -1.08. The van der Waals surface area contributed by atoms with Gasteiger partial charge < -0.3 is 4.74 Å². The molecule has 0 amide bonds. The van der Waals surface area contributed by atoms with Crippen LogP contribution in [0, 0.1) is 26.2 Å². The Bertz CT molecular complexity index is 2250. The fraction of sp³-hybridized carbons (Fsp3) is 0.0882. The van der Waals surface area contributed by atoms with E-state index in [2.05, 4.69) is 9.83 Å². The summed E-state index contributed by atoms with van der Waals surface area (Å²) in [5, 5.41) is 2.49. The molecular formula is C34H24FN3O4S2. The van der Waals surface area contributed by atoms with Crippen LogP contribution in [-0.4, -0.2) is 30.5 Å². The molecule has 7 nitrogen and oxygen atoms in total. The zero-order valence-electron chi connectivity index (χ0n) is 23.8. The first kappa shape index (κ1) is 29.0. The Morgan fingerprint density at radius 1 is 0.977 bits per heavy atom. The van der Waals surface area contributed by atoms with Crippen molar-refractivity contribution in [3.63, 3.8) is 0 Å². The lowest BCUT2D eigenvalue weighted by atomic mass is 9.96. The van der Waals surface area contributed by atoms with Crippen LogP contribution < -0.4 is 0 Å².